The van der Waals surface area contributed by atoms with E-state index in [0.29, 0.717) is 11.3 Å². The maximum absolute atomic E-state index is 13.3. The van der Waals surface area contributed by atoms with Crippen molar-refractivity contribution < 1.29 is 17.6 Å². The highest BCUT2D eigenvalue weighted by Gasteiger charge is 2.30. The first-order valence-electron chi connectivity index (χ1n) is 9.72. The molecule has 4 rings (SSSR count). The van der Waals surface area contributed by atoms with Gasteiger partial charge in [-0.25, -0.2) is 0 Å². The van der Waals surface area contributed by atoms with Crippen LogP contribution in [0.4, 0.5) is 11.4 Å². The molecule has 0 amide bonds. The Morgan fingerprint density at radius 2 is 2.03 bits per heavy atom. The third kappa shape index (κ3) is 3.59. The van der Waals surface area contributed by atoms with Crippen molar-refractivity contribution in [2.45, 2.75) is 37.2 Å². The summed E-state index contributed by atoms with van der Waals surface area (Å²) in [6.07, 6.45) is 4.32. The molecule has 0 spiro atoms. The highest BCUT2D eigenvalue weighted by atomic mass is 35.5. The van der Waals surface area contributed by atoms with Gasteiger partial charge in [0.1, 0.15) is 10.6 Å². The Labute approximate surface area is 181 Å². The van der Waals surface area contributed by atoms with E-state index in [1.165, 1.54) is 7.11 Å². The van der Waals surface area contributed by atoms with Gasteiger partial charge in [-0.2, -0.15) is 12.2 Å². The summed E-state index contributed by atoms with van der Waals surface area (Å²) < 4.78 is 38.4. The molecule has 1 atom stereocenters. The first-order chi connectivity index (χ1) is 14.3. The number of nitrogens with two attached hydrogens (primary N) is 1. The predicted molar refractivity (Wildman–Crippen MR) is 119 cm³/mol. The number of rotatable bonds is 5. The molecule has 2 N–H and O–H groups in total. The van der Waals surface area contributed by atoms with Gasteiger partial charge in [-0.3, -0.25) is 0 Å². The van der Waals surface area contributed by atoms with Gasteiger partial charge in [0.05, 0.1) is 30.9 Å². The molecule has 1 aromatic heterocycles. The average Bonchev–Trinajstić information content (AvgIpc) is 3.21. The molecular weight excluding hydrogens is 426 g/mol. The van der Waals surface area contributed by atoms with Crippen molar-refractivity contribution in [3.8, 4) is 5.75 Å². The van der Waals surface area contributed by atoms with Crippen LogP contribution in [0.2, 0.25) is 0 Å². The molecule has 0 aliphatic carbocycles. The summed E-state index contributed by atoms with van der Waals surface area (Å²) >= 11 is 6.44. The van der Waals surface area contributed by atoms with Crippen molar-refractivity contribution in [1.82, 2.24) is 0 Å². The smallest absolute Gasteiger partial charge is 0.281 e. The second-order valence-corrected chi connectivity index (χ2v) is 9.73. The van der Waals surface area contributed by atoms with Crippen LogP contribution in [0.15, 0.2) is 52.0 Å². The van der Waals surface area contributed by atoms with Gasteiger partial charge in [0.2, 0.25) is 0 Å². The fraction of sp³-hybridized carbons (Fsp3) is 0.333. The van der Waals surface area contributed by atoms with Gasteiger partial charge >= 0.3 is 0 Å². The number of fused-ring (bicyclic) bond motifs is 1. The van der Waals surface area contributed by atoms with Crippen molar-refractivity contribution in [3.05, 3.63) is 48.2 Å². The van der Waals surface area contributed by atoms with Crippen molar-refractivity contribution in [3.63, 3.8) is 0 Å². The molecule has 0 radical (unpaired) electrons. The van der Waals surface area contributed by atoms with Gasteiger partial charge in [0, 0.05) is 23.7 Å². The summed E-state index contributed by atoms with van der Waals surface area (Å²) in [6, 6.07) is 10.1. The van der Waals surface area contributed by atoms with Crippen molar-refractivity contribution in [2.24, 2.45) is 5.73 Å². The number of halogens is 1. The van der Waals surface area contributed by atoms with E-state index in [4.69, 9.17) is 26.7 Å². The van der Waals surface area contributed by atoms with E-state index < -0.39 is 10.0 Å². The lowest BCUT2D eigenvalue weighted by atomic mass is 10.1. The van der Waals surface area contributed by atoms with Crippen LogP contribution in [0.25, 0.3) is 11.0 Å². The average molecular weight is 450 g/mol. The lowest BCUT2D eigenvalue weighted by molar-refractivity contribution is 0.402. The van der Waals surface area contributed by atoms with Gasteiger partial charge in [0.25, 0.3) is 10.0 Å². The number of hydrogen-bond acceptors (Lipinski definition) is 6. The maximum atomic E-state index is 13.3. The van der Waals surface area contributed by atoms with E-state index >= 15 is 0 Å². The number of piperidine rings is 1. The third-order valence-electron chi connectivity index (χ3n) is 5.39. The standard InChI is InChI=1S/C21H24ClN3O4S/c1-14-6-7-18(28-2)19(11-14)30(26,27)25(22)16-12-15-8-10-29-21(15)17(13-16)24-9-4-3-5-20(24)23/h6-8,10-13,20H,3-5,9,23H2,1-2H3. The van der Waals surface area contributed by atoms with Crippen molar-refractivity contribution in [2.75, 3.05) is 22.4 Å². The first kappa shape index (κ1) is 20.8. The molecule has 1 fully saturated rings. The minimum absolute atomic E-state index is 0.00325. The second kappa shape index (κ2) is 8.02. The van der Waals surface area contributed by atoms with E-state index in [2.05, 4.69) is 0 Å². The SMILES string of the molecule is COc1ccc(C)cc1S(=O)(=O)N(Cl)c1cc(N2CCCCC2N)c2occc2c1. The zero-order chi connectivity index (χ0) is 21.5. The molecule has 0 saturated carbocycles. The van der Waals surface area contributed by atoms with E-state index in [0.717, 1.165) is 46.3 Å². The van der Waals surface area contributed by atoms with Crippen LogP contribution in [0, 0.1) is 6.92 Å². The molecule has 30 heavy (non-hydrogen) atoms. The second-order valence-electron chi connectivity index (χ2n) is 7.43. The van der Waals surface area contributed by atoms with Gasteiger partial charge in [-0.05, 0) is 62.1 Å². The Kier molecular flexibility index (Phi) is 5.57. The summed E-state index contributed by atoms with van der Waals surface area (Å²) in [5.41, 5.74) is 8.81. The highest BCUT2D eigenvalue weighted by molar-refractivity contribution is 7.94. The fourth-order valence-electron chi connectivity index (χ4n) is 3.83. The number of anilines is 2. The van der Waals surface area contributed by atoms with E-state index in [9.17, 15) is 8.42 Å². The Bertz CT molecular complexity index is 1180. The minimum Gasteiger partial charge on any atom is -0.495 e. The quantitative estimate of drug-likeness (QED) is 0.581. The number of furan rings is 1. The Balaban J connectivity index is 1.82. The minimum atomic E-state index is -4.08. The number of aryl methyl sites for hydroxylation is 1. The molecule has 7 nitrogen and oxygen atoms in total. The monoisotopic (exact) mass is 449 g/mol. The molecule has 1 saturated heterocycles. The molecular formula is C21H24ClN3O4S. The predicted octanol–water partition coefficient (Wildman–Crippen LogP) is 4.37. The molecule has 1 aliphatic rings. The van der Waals surface area contributed by atoms with Gasteiger partial charge in [-0.15, -0.1) is 0 Å². The summed E-state index contributed by atoms with van der Waals surface area (Å²) in [6.45, 7) is 2.57. The Hall–Kier alpha value is -2.42. The number of hydrogen-bond donors (Lipinski definition) is 1. The van der Waals surface area contributed by atoms with Crippen LogP contribution in [-0.2, 0) is 10.0 Å². The molecule has 9 heteroatoms. The highest BCUT2D eigenvalue weighted by Crippen LogP contribution is 2.39. The van der Waals surface area contributed by atoms with Crippen LogP contribution in [0.5, 0.6) is 5.75 Å². The number of benzene rings is 2. The Morgan fingerprint density at radius 1 is 1.23 bits per heavy atom. The summed E-state index contributed by atoms with van der Waals surface area (Å²) in [5.74, 6) is 0.230. The number of ether oxygens (including phenoxy) is 1. The van der Waals surface area contributed by atoms with Crippen LogP contribution in [0.1, 0.15) is 24.8 Å². The van der Waals surface area contributed by atoms with Crippen LogP contribution in [-0.4, -0.2) is 28.2 Å². The fourth-order valence-corrected chi connectivity index (χ4v) is 5.45. The van der Waals surface area contributed by atoms with Crippen LogP contribution < -0.4 is 19.2 Å². The molecule has 1 unspecified atom stereocenters. The lowest BCUT2D eigenvalue weighted by Gasteiger charge is -2.35. The normalized spacial score (nSPS) is 17.3. The first-order valence-corrected chi connectivity index (χ1v) is 11.5. The van der Waals surface area contributed by atoms with Crippen molar-refractivity contribution in [1.29, 1.82) is 0 Å². The summed E-state index contributed by atoms with van der Waals surface area (Å²) in [4.78, 5) is 2.05. The van der Waals surface area contributed by atoms with E-state index in [1.54, 1.807) is 42.7 Å². The molecule has 3 aromatic rings. The molecule has 2 aromatic carbocycles. The van der Waals surface area contributed by atoms with Gasteiger partial charge in [-0.1, -0.05) is 6.07 Å². The maximum Gasteiger partial charge on any atom is 0.281 e. The lowest BCUT2D eigenvalue weighted by Crippen LogP contribution is -2.45. The van der Waals surface area contributed by atoms with Gasteiger partial charge in [0.15, 0.2) is 5.58 Å². The third-order valence-corrected chi connectivity index (χ3v) is 7.63. The summed E-state index contributed by atoms with van der Waals surface area (Å²) in [7, 11) is -2.65. The number of nitrogens with zero attached hydrogens (tertiary/aromatic N) is 2. The number of sulfonamides is 1. The Morgan fingerprint density at radius 3 is 2.77 bits per heavy atom. The van der Waals surface area contributed by atoms with Crippen LogP contribution in [0.3, 0.4) is 0 Å². The van der Waals surface area contributed by atoms with Gasteiger partial charge < -0.3 is 19.8 Å². The zero-order valence-electron chi connectivity index (χ0n) is 16.8. The number of methoxy groups -OCH3 is 1. The van der Waals surface area contributed by atoms with E-state index in [-0.39, 0.29) is 16.8 Å². The van der Waals surface area contributed by atoms with Crippen molar-refractivity contribution >= 4 is 44.1 Å². The molecule has 1 aliphatic heterocycles. The summed E-state index contributed by atoms with van der Waals surface area (Å²) in [5, 5.41) is 0.748. The van der Waals surface area contributed by atoms with Crippen LogP contribution >= 0.6 is 11.8 Å². The molecule has 160 valence electrons. The molecule has 2 heterocycles. The zero-order valence-corrected chi connectivity index (χ0v) is 18.4. The topological polar surface area (TPSA) is 89.0 Å². The molecule has 0 bridgehead atoms. The van der Waals surface area contributed by atoms with E-state index in [1.807, 2.05) is 11.8 Å². The largest absolute Gasteiger partial charge is 0.495 e.